The van der Waals surface area contributed by atoms with Crippen molar-refractivity contribution in [1.29, 1.82) is 0 Å². The Bertz CT molecular complexity index is 508. The Balaban J connectivity index is 2.33. The van der Waals surface area contributed by atoms with Crippen LogP contribution in [0.1, 0.15) is 38.3 Å². The number of hydrogen-bond donors (Lipinski definition) is 2. The lowest BCUT2D eigenvalue weighted by Gasteiger charge is -2.28. The minimum absolute atomic E-state index is 0.00537. The van der Waals surface area contributed by atoms with Crippen LogP contribution < -0.4 is 16.0 Å². The molecule has 1 aromatic heterocycles. The highest BCUT2D eigenvalue weighted by Crippen LogP contribution is 2.33. The van der Waals surface area contributed by atoms with Crippen molar-refractivity contribution in [2.45, 2.75) is 45.6 Å². The number of rotatable bonds is 4. The van der Waals surface area contributed by atoms with Crippen LogP contribution in [0.3, 0.4) is 0 Å². The molecule has 2 unspecified atom stereocenters. The summed E-state index contributed by atoms with van der Waals surface area (Å²) < 4.78 is 5.80. The first-order chi connectivity index (χ1) is 9.52. The number of ether oxygens (including phenoxy) is 1. The summed E-state index contributed by atoms with van der Waals surface area (Å²) in [4.78, 5) is 18.6. The standard InChI is InChI=1S/C12H19N5O3/c1-7-5-3-4-6-9(7)20-11-10(17(18)19)8(2)14-12(15-11)16-13/h7,9H,3-6,13H2,1-2H3,(H,14,15,16). The van der Waals surface area contributed by atoms with Gasteiger partial charge in [-0.1, -0.05) is 13.3 Å². The number of nitrogen functional groups attached to an aromatic ring is 1. The zero-order chi connectivity index (χ0) is 14.7. The molecule has 0 aliphatic heterocycles. The van der Waals surface area contributed by atoms with Gasteiger partial charge in [0, 0.05) is 0 Å². The maximum Gasteiger partial charge on any atom is 0.352 e. The maximum atomic E-state index is 11.2. The van der Waals surface area contributed by atoms with Gasteiger partial charge in [0.1, 0.15) is 11.8 Å². The summed E-state index contributed by atoms with van der Waals surface area (Å²) in [6.45, 7) is 3.63. The van der Waals surface area contributed by atoms with Gasteiger partial charge in [0.05, 0.1) is 4.92 Å². The van der Waals surface area contributed by atoms with E-state index in [2.05, 4.69) is 22.3 Å². The molecule has 1 aliphatic rings. The second-order valence-corrected chi connectivity index (χ2v) is 5.11. The van der Waals surface area contributed by atoms with Gasteiger partial charge in [-0.05, 0) is 32.1 Å². The predicted octanol–water partition coefficient (Wildman–Crippen LogP) is 1.94. The zero-order valence-electron chi connectivity index (χ0n) is 11.6. The first-order valence-electron chi connectivity index (χ1n) is 6.69. The van der Waals surface area contributed by atoms with Crippen LogP contribution >= 0.6 is 0 Å². The van der Waals surface area contributed by atoms with E-state index in [1.807, 2.05) is 0 Å². The fraction of sp³-hybridized carbons (Fsp3) is 0.667. The van der Waals surface area contributed by atoms with E-state index >= 15 is 0 Å². The summed E-state index contributed by atoms with van der Waals surface area (Å²) in [6.07, 6.45) is 4.12. The van der Waals surface area contributed by atoms with Crippen LogP contribution in [-0.2, 0) is 0 Å². The van der Waals surface area contributed by atoms with Crippen LogP contribution in [0.25, 0.3) is 0 Å². The fourth-order valence-corrected chi connectivity index (χ4v) is 2.50. The maximum absolute atomic E-state index is 11.2. The van der Waals surface area contributed by atoms with Crippen LogP contribution in [0.4, 0.5) is 11.6 Å². The molecule has 1 saturated carbocycles. The van der Waals surface area contributed by atoms with E-state index < -0.39 is 4.92 Å². The highest BCUT2D eigenvalue weighted by Gasteiger charge is 2.29. The van der Waals surface area contributed by atoms with Gasteiger partial charge in [0.15, 0.2) is 0 Å². The molecule has 1 heterocycles. The second kappa shape index (κ2) is 6.00. The van der Waals surface area contributed by atoms with Crippen molar-refractivity contribution in [3.8, 4) is 5.88 Å². The van der Waals surface area contributed by atoms with E-state index in [-0.39, 0.29) is 29.3 Å². The Kier molecular flexibility index (Phi) is 4.33. The summed E-state index contributed by atoms with van der Waals surface area (Å²) in [7, 11) is 0. The molecule has 0 spiro atoms. The smallest absolute Gasteiger partial charge is 0.352 e. The van der Waals surface area contributed by atoms with Gasteiger partial charge in [-0.2, -0.15) is 4.98 Å². The van der Waals surface area contributed by atoms with Crippen molar-refractivity contribution in [1.82, 2.24) is 9.97 Å². The minimum Gasteiger partial charge on any atom is -0.469 e. The number of hydrazine groups is 1. The number of anilines is 1. The Hall–Kier alpha value is -1.96. The van der Waals surface area contributed by atoms with Gasteiger partial charge in [-0.25, -0.2) is 10.8 Å². The number of hydrogen-bond acceptors (Lipinski definition) is 7. The number of aryl methyl sites for hydroxylation is 1. The van der Waals surface area contributed by atoms with E-state index in [1.165, 1.54) is 13.3 Å². The third-order valence-corrected chi connectivity index (χ3v) is 3.63. The molecule has 2 atom stereocenters. The number of nitrogens with zero attached hydrogens (tertiary/aromatic N) is 3. The number of aromatic nitrogens is 2. The molecule has 8 nitrogen and oxygen atoms in total. The molecule has 8 heteroatoms. The summed E-state index contributed by atoms with van der Waals surface area (Å²) in [5.74, 6) is 5.74. The summed E-state index contributed by atoms with van der Waals surface area (Å²) in [5, 5.41) is 11.2. The van der Waals surface area contributed by atoms with Crippen LogP contribution in [0.15, 0.2) is 0 Å². The quantitative estimate of drug-likeness (QED) is 0.492. The summed E-state index contributed by atoms with van der Waals surface area (Å²) in [5.41, 5.74) is 2.34. The van der Waals surface area contributed by atoms with Crippen LogP contribution in [0, 0.1) is 23.0 Å². The van der Waals surface area contributed by atoms with Crippen molar-refractivity contribution in [2.24, 2.45) is 11.8 Å². The predicted molar refractivity (Wildman–Crippen MR) is 73.3 cm³/mol. The SMILES string of the molecule is Cc1nc(NN)nc(OC2CCCCC2C)c1[N+](=O)[O-]. The third-order valence-electron chi connectivity index (χ3n) is 3.63. The van der Waals surface area contributed by atoms with E-state index in [0.29, 0.717) is 5.92 Å². The lowest BCUT2D eigenvalue weighted by atomic mass is 9.88. The van der Waals surface area contributed by atoms with E-state index in [1.54, 1.807) is 0 Å². The minimum atomic E-state index is -0.515. The van der Waals surface area contributed by atoms with Crippen molar-refractivity contribution < 1.29 is 9.66 Å². The highest BCUT2D eigenvalue weighted by atomic mass is 16.6. The number of nitrogens with one attached hydrogen (secondary N) is 1. The Labute approximate surface area is 116 Å². The molecule has 0 aromatic carbocycles. The Morgan fingerprint density at radius 3 is 2.70 bits per heavy atom. The van der Waals surface area contributed by atoms with Gasteiger partial charge in [0.25, 0.3) is 5.88 Å². The van der Waals surface area contributed by atoms with Crippen molar-refractivity contribution >= 4 is 11.6 Å². The molecule has 0 bridgehead atoms. The van der Waals surface area contributed by atoms with Crippen molar-refractivity contribution in [3.63, 3.8) is 0 Å². The Morgan fingerprint density at radius 2 is 2.10 bits per heavy atom. The van der Waals surface area contributed by atoms with E-state index in [0.717, 1.165) is 19.3 Å². The van der Waals surface area contributed by atoms with Crippen molar-refractivity contribution in [3.05, 3.63) is 15.8 Å². The van der Waals surface area contributed by atoms with Gasteiger partial charge in [-0.3, -0.25) is 15.5 Å². The lowest BCUT2D eigenvalue weighted by Crippen LogP contribution is -2.29. The normalized spacial score (nSPS) is 22.4. The summed E-state index contributed by atoms with van der Waals surface area (Å²) in [6, 6.07) is 0. The molecule has 0 radical (unpaired) electrons. The lowest BCUT2D eigenvalue weighted by molar-refractivity contribution is -0.387. The van der Waals surface area contributed by atoms with Crippen molar-refractivity contribution in [2.75, 3.05) is 5.43 Å². The average molecular weight is 281 g/mol. The Morgan fingerprint density at radius 1 is 1.40 bits per heavy atom. The topological polar surface area (TPSA) is 116 Å². The first-order valence-corrected chi connectivity index (χ1v) is 6.69. The highest BCUT2D eigenvalue weighted by molar-refractivity contribution is 5.48. The van der Waals surface area contributed by atoms with Crippen LogP contribution in [-0.4, -0.2) is 21.0 Å². The fourth-order valence-electron chi connectivity index (χ4n) is 2.50. The molecule has 2 rings (SSSR count). The third kappa shape index (κ3) is 2.96. The van der Waals surface area contributed by atoms with Gasteiger partial charge < -0.3 is 4.74 Å². The zero-order valence-corrected chi connectivity index (χ0v) is 11.6. The molecule has 1 fully saturated rings. The molecule has 1 aliphatic carbocycles. The van der Waals surface area contributed by atoms with Crippen LogP contribution in [0.2, 0.25) is 0 Å². The summed E-state index contributed by atoms with van der Waals surface area (Å²) >= 11 is 0. The molecule has 0 saturated heterocycles. The molecule has 3 N–H and O–H groups in total. The van der Waals surface area contributed by atoms with Gasteiger partial charge in [-0.15, -0.1) is 0 Å². The molecule has 110 valence electrons. The molecule has 1 aromatic rings. The molecular formula is C12H19N5O3. The average Bonchev–Trinajstić information content (AvgIpc) is 2.40. The first kappa shape index (κ1) is 14.4. The van der Waals surface area contributed by atoms with E-state index in [9.17, 15) is 10.1 Å². The van der Waals surface area contributed by atoms with E-state index in [4.69, 9.17) is 10.6 Å². The van der Waals surface area contributed by atoms with Crippen LogP contribution in [0.5, 0.6) is 5.88 Å². The monoisotopic (exact) mass is 281 g/mol. The van der Waals surface area contributed by atoms with Gasteiger partial charge in [0.2, 0.25) is 5.95 Å². The number of nitrogens with two attached hydrogens (primary N) is 1. The molecule has 0 amide bonds. The second-order valence-electron chi connectivity index (χ2n) is 5.11. The van der Waals surface area contributed by atoms with Gasteiger partial charge >= 0.3 is 5.69 Å². The number of nitro groups is 1. The molecular weight excluding hydrogens is 262 g/mol. The largest absolute Gasteiger partial charge is 0.469 e. The molecule has 20 heavy (non-hydrogen) atoms.